The van der Waals surface area contributed by atoms with Gasteiger partial charge in [0.25, 0.3) is 0 Å². The number of halogens is 3. The van der Waals surface area contributed by atoms with E-state index < -0.39 is 0 Å². The molecule has 1 aromatic carbocycles. The molecule has 136 valence electrons. The number of piperazine rings is 1. The highest BCUT2D eigenvalue weighted by atomic mass is 35.5. The van der Waals surface area contributed by atoms with Gasteiger partial charge in [-0.2, -0.15) is 0 Å². The third-order valence-corrected chi connectivity index (χ3v) is 4.71. The summed E-state index contributed by atoms with van der Waals surface area (Å²) in [4.78, 5) is 19.0. The molecule has 0 saturated carbocycles. The molecule has 1 fully saturated rings. The number of nitrogens with zero attached hydrogens (tertiary/aromatic N) is 3. The first-order chi connectivity index (χ1) is 11.6. The molecule has 1 aliphatic heterocycles. The van der Waals surface area contributed by atoms with Gasteiger partial charge in [0.1, 0.15) is 5.82 Å². The van der Waals surface area contributed by atoms with Crippen LogP contribution in [0, 0.1) is 0 Å². The van der Waals surface area contributed by atoms with Crippen LogP contribution in [0.25, 0.3) is 0 Å². The van der Waals surface area contributed by atoms with Gasteiger partial charge in [0.05, 0.1) is 28.3 Å². The Morgan fingerprint density at radius 2 is 2.12 bits per heavy atom. The first-order valence-electron chi connectivity index (χ1n) is 7.72. The van der Waals surface area contributed by atoms with Crippen LogP contribution >= 0.6 is 35.6 Å². The zero-order chi connectivity index (χ0) is 17.1. The summed E-state index contributed by atoms with van der Waals surface area (Å²) < 4.78 is 1.98. The second-order valence-corrected chi connectivity index (χ2v) is 6.55. The number of hydrogen-bond donors (Lipinski definition) is 2. The van der Waals surface area contributed by atoms with Crippen molar-refractivity contribution in [1.82, 2.24) is 19.8 Å². The molecule has 1 amide bonds. The van der Waals surface area contributed by atoms with E-state index in [2.05, 4.69) is 20.5 Å². The first-order valence-corrected chi connectivity index (χ1v) is 8.47. The number of amides is 1. The minimum absolute atomic E-state index is 0. The number of anilines is 1. The van der Waals surface area contributed by atoms with Crippen LogP contribution in [0.2, 0.25) is 10.0 Å². The minimum Gasteiger partial charge on any atom is -0.337 e. The molecule has 1 saturated heterocycles. The topological polar surface area (TPSA) is 62.2 Å². The summed E-state index contributed by atoms with van der Waals surface area (Å²) in [6, 6.07) is 5.19. The smallest absolute Gasteiger partial charge is 0.238 e. The Kier molecular flexibility index (Phi) is 7.10. The maximum absolute atomic E-state index is 12.5. The summed E-state index contributed by atoms with van der Waals surface area (Å²) in [5.74, 6) is 0.789. The summed E-state index contributed by atoms with van der Waals surface area (Å²) in [5, 5.41) is 7.02. The molecule has 1 atom stereocenters. The van der Waals surface area contributed by atoms with Gasteiger partial charge in [0, 0.05) is 39.1 Å². The van der Waals surface area contributed by atoms with Crippen molar-refractivity contribution < 1.29 is 4.79 Å². The molecule has 0 spiro atoms. The number of aromatic nitrogens is 2. The molecule has 1 aliphatic rings. The predicted molar refractivity (Wildman–Crippen MR) is 103 cm³/mol. The van der Waals surface area contributed by atoms with Crippen LogP contribution in [0.4, 0.5) is 5.69 Å². The van der Waals surface area contributed by atoms with Crippen LogP contribution < -0.4 is 10.6 Å². The van der Waals surface area contributed by atoms with Gasteiger partial charge < -0.3 is 15.2 Å². The SMILES string of the molecule is Cl.Cn1ccnc1C1CNCCN1CC(=O)Nc1c(Cl)cccc1Cl. The van der Waals surface area contributed by atoms with E-state index in [-0.39, 0.29) is 30.9 Å². The number of imidazole rings is 1. The maximum Gasteiger partial charge on any atom is 0.238 e. The van der Waals surface area contributed by atoms with Crippen molar-refractivity contribution in [2.75, 3.05) is 31.5 Å². The van der Waals surface area contributed by atoms with E-state index in [9.17, 15) is 4.79 Å². The lowest BCUT2D eigenvalue weighted by molar-refractivity contribution is -0.118. The second kappa shape index (κ2) is 8.87. The number of benzene rings is 1. The Balaban J connectivity index is 0.00000225. The van der Waals surface area contributed by atoms with Gasteiger partial charge in [-0.15, -0.1) is 12.4 Å². The Bertz CT molecular complexity index is 716. The van der Waals surface area contributed by atoms with Crippen molar-refractivity contribution in [3.63, 3.8) is 0 Å². The highest BCUT2D eigenvalue weighted by molar-refractivity contribution is 6.39. The third-order valence-electron chi connectivity index (χ3n) is 4.08. The number of hydrogen-bond acceptors (Lipinski definition) is 4. The fraction of sp³-hybridized carbons (Fsp3) is 0.375. The van der Waals surface area contributed by atoms with Gasteiger partial charge in [-0.1, -0.05) is 29.3 Å². The first kappa shape index (κ1) is 20.0. The number of aryl methyl sites for hydroxylation is 1. The fourth-order valence-corrected chi connectivity index (χ4v) is 3.36. The van der Waals surface area contributed by atoms with Gasteiger partial charge >= 0.3 is 0 Å². The maximum atomic E-state index is 12.5. The Morgan fingerprint density at radius 1 is 1.40 bits per heavy atom. The van der Waals surface area contributed by atoms with Crippen LogP contribution in [-0.2, 0) is 11.8 Å². The number of rotatable bonds is 4. The molecule has 3 rings (SSSR count). The minimum atomic E-state index is -0.147. The van der Waals surface area contributed by atoms with Gasteiger partial charge in [-0.05, 0) is 12.1 Å². The van der Waals surface area contributed by atoms with Crippen LogP contribution in [0.5, 0.6) is 0 Å². The fourth-order valence-electron chi connectivity index (χ4n) is 2.87. The molecule has 0 bridgehead atoms. The molecule has 1 aromatic heterocycles. The zero-order valence-electron chi connectivity index (χ0n) is 13.7. The van der Waals surface area contributed by atoms with Crippen LogP contribution in [0.15, 0.2) is 30.6 Å². The van der Waals surface area contributed by atoms with E-state index in [1.807, 2.05) is 17.8 Å². The Hall–Kier alpha value is -1.31. The molecule has 0 aliphatic carbocycles. The lowest BCUT2D eigenvalue weighted by atomic mass is 10.1. The molecule has 2 aromatic rings. The average Bonchev–Trinajstić information content (AvgIpc) is 2.98. The van der Waals surface area contributed by atoms with E-state index in [1.165, 1.54) is 0 Å². The quantitative estimate of drug-likeness (QED) is 0.822. The van der Waals surface area contributed by atoms with E-state index in [0.29, 0.717) is 15.7 Å². The van der Waals surface area contributed by atoms with Gasteiger partial charge in [0.15, 0.2) is 0 Å². The highest BCUT2D eigenvalue weighted by Crippen LogP contribution is 2.30. The van der Waals surface area contributed by atoms with E-state index in [4.69, 9.17) is 23.2 Å². The van der Waals surface area contributed by atoms with Crippen molar-refractivity contribution >= 4 is 47.2 Å². The molecule has 1 unspecified atom stereocenters. The summed E-state index contributed by atoms with van der Waals surface area (Å²) in [6.07, 6.45) is 3.68. The third kappa shape index (κ3) is 4.65. The van der Waals surface area contributed by atoms with E-state index in [0.717, 1.165) is 25.5 Å². The number of carbonyl (C=O) groups is 1. The monoisotopic (exact) mass is 403 g/mol. The Morgan fingerprint density at radius 3 is 2.76 bits per heavy atom. The standard InChI is InChI=1S/C16H19Cl2N5O.ClH/c1-22-7-6-20-16(22)13-9-19-5-8-23(13)10-14(24)21-15-11(17)3-2-4-12(15)18;/h2-4,6-7,13,19H,5,8-10H2,1H3,(H,21,24);1H. The normalized spacial score (nSPS) is 17.8. The van der Waals surface area contributed by atoms with Crippen molar-refractivity contribution in [2.24, 2.45) is 7.05 Å². The largest absolute Gasteiger partial charge is 0.337 e. The summed E-state index contributed by atoms with van der Waals surface area (Å²) in [7, 11) is 1.96. The van der Waals surface area contributed by atoms with Crippen molar-refractivity contribution in [2.45, 2.75) is 6.04 Å². The van der Waals surface area contributed by atoms with E-state index >= 15 is 0 Å². The Labute approximate surface area is 162 Å². The molecule has 2 N–H and O–H groups in total. The lowest BCUT2D eigenvalue weighted by Crippen LogP contribution is -2.49. The zero-order valence-corrected chi connectivity index (χ0v) is 16.0. The highest BCUT2D eigenvalue weighted by Gasteiger charge is 2.28. The molecular formula is C16H20Cl3N5O. The molecule has 0 radical (unpaired) electrons. The number of nitrogens with one attached hydrogen (secondary N) is 2. The average molecular weight is 405 g/mol. The van der Waals surface area contributed by atoms with Gasteiger partial charge in [-0.25, -0.2) is 4.98 Å². The summed E-state index contributed by atoms with van der Waals surface area (Å²) in [6.45, 7) is 2.61. The van der Waals surface area contributed by atoms with Crippen molar-refractivity contribution in [3.8, 4) is 0 Å². The molecular weight excluding hydrogens is 385 g/mol. The predicted octanol–water partition coefficient (Wildman–Crippen LogP) is 2.73. The molecule has 6 nitrogen and oxygen atoms in total. The molecule has 9 heteroatoms. The number of para-hydroxylation sites is 1. The summed E-state index contributed by atoms with van der Waals surface area (Å²) >= 11 is 12.2. The van der Waals surface area contributed by atoms with E-state index in [1.54, 1.807) is 24.4 Å². The van der Waals surface area contributed by atoms with Crippen LogP contribution in [0.3, 0.4) is 0 Å². The van der Waals surface area contributed by atoms with Crippen LogP contribution in [-0.4, -0.2) is 46.5 Å². The molecule has 2 heterocycles. The lowest BCUT2D eigenvalue weighted by Gasteiger charge is -2.35. The summed E-state index contributed by atoms with van der Waals surface area (Å²) in [5.41, 5.74) is 0.453. The van der Waals surface area contributed by atoms with Crippen molar-refractivity contribution in [1.29, 1.82) is 0 Å². The number of carbonyl (C=O) groups excluding carboxylic acids is 1. The van der Waals surface area contributed by atoms with Gasteiger partial charge in [-0.3, -0.25) is 9.69 Å². The second-order valence-electron chi connectivity index (χ2n) is 5.73. The van der Waals surface area contributed by atoms with Crippen LogP contribution in [0.1, 0.15) is 11.9 Å². The van der Waals surface area contributed by atoms with Gasteiger partial charge in [0.2, 0.25) is 5.91 Å². The van der Waals surface area contributed by atoms with Crippen molar-refractivity contribution in [3.05, 3.63) is 46.5 Å². The molecule has 25 heavy (non-hydrogen) atoms.